The maximum absolute atomic E-state index is 12.7. The van der Waals surface area contributed by atoms with Gasteiger partial charge in [-0.25, -0.2) is 4.79 Å². The molecule has 186 valence electrons. The number of hydrogen-bond acceptors (Lipinski definition) is 8. The third-order valence-electron chi connectivity index (χ3n) is 4.79. The lowest BCUT2D eigenvalue weighted by Gasteiger charge is -2.24. The second-order valence-corrected chi connectivity index (χ2v) is 7.47. The molecule has 1 fully saturated rings. The number of rotatable bonds is 14. The summed E-state index contributed by atoms with van der Waals surface area (Å²) >= 11 is 0. The number of carboxylic acids is 1. The Morgan fingerprint density at radius 2 is 1.64 bits per heavy atom. The number of carboxylic acid groups (broad SMARTS) is 1. The number of carbonyl (C=O) groups excluding carboxylic acids is 4. The number of nitrogens with one attached hydrogen (secondary N) is 4. The van der Waals surface area contributed by atoms with Crippen LogP contribution in [0.4, 0.5) is 0 Å². The number of aliphatic carboxylic acids is 1. The van der Waals surface area contributed by atoms with Gasteiger partial charge in [0, 0.05) is 6.54 Å². The highest BCUT2D eigenvalue weighted by Gasteiger charge is 2.31. The normalized spacial score (nSPS) is 17.8. The van der Waals surface area contributed by atoms with Gasteiger partial charge in [-0.1, -0.05) is 0 Å². The van der Waals surface area contributed by atoms with E-state index in [-0.39, 0.29) is 25.3 Å². The molecule has 0 spiro atoms. The van der Waals surface area contributed by atoms with E-state index in [9.17, 15) is 34.2 Å². The maximum atomic E-state index is 12.7. The van der Waals surface area contributed by atoms with Crippen LogP contribution in [0.15, 0.2) is 4.99 Å². The number of aliphatic hydroxyl groups excluding tert-OH is 1. The van der Waals surface area contributed by atoms with Gasteiger partial charge in [-0.05, 0) is 32.2 Å². The first-order valence-corrected chi connectivity index (χ1v) is 10.4. The Hall–Kier alpha value is -3.46. The minimum atomic E-state index is -1.60. The second kappa shape index (κ2) is 13.8. The molecule has 1 saturated heterocycles. The highest BCUT2D eigenvalue weighted by Crippen LogP contribution is 2.06. The predicted molar refractivity (Wildman–Crippen MR) is 115 cm³/mol. The van der Waals surface area contributed by atoms with Crippen molar-refractivity contribution in [3.05, 3.63) is 0 Å². The number of amides is 4. The molecule has 0 aliphatic carbocycles. The van der Waals surface area contributed by atoms with Gasteiger partial charge in [0.2, 0.25) is 23.6 Å². The first-order chi connectivity index (χ1) is 15.5. The van der Waals surface area contributed by atoms with Gasteiger partial charge in [0.15, 0.2) is 5.96 Å². The van der Waals surface area contributed by atoms with Crippen molar-refractivity contribution in [2.75, 3.05) is 19.7 Å². The Balaban J connectivity index is 2.86. The summed E-state index contributed by atoms with van der Waals surface area (Å²) in [6.07, 6.45) is 0.943. The molecule has 4 atom stereocenters. The molecule has 4 unspecified atom stereocenters. The fourth-order valence-electron chi connectivity index (χ4n) is 3.09. The average Bonchev–Trinajstić information content (AvgIpc) is 3.27. The van der Waals surface area contributed by atoms with Gasteiger partial charge >= 0.3 is 5.97 Å². The highest BCUT2D eigenvalue weighted by atomic mass is 16.4. The number of hydrogen-bond donors (Lipinski definition) is 9. The Bertz CT molecular complexity index is 750. The lowest BCUT2D eigenvalue weighted by atomic mass is 10.1. The summed E-state index contributed by atoms with van der Waals surface area (Å²) in [6.45, 7) is 0.0490. The van der Waals surface area contributed by atoms with E-state index in [2.05, 4.69) is 26.3 Å². The highest BCUT2D eigenvalue weighted by molar-refractivity contribution is 5.95. The van der Waals surface area contributed by atoms with E-state index in [4.69, 9.17) is 17.2 Å². The lowest BCUT2D eigenvalue weighted by molar-refractivity contribution is -0.143. The van der Waals surface area contributed by atoms with Gasteiger partial charge < -0.3 is 48.7 Å². The second-order valence-electron chi connectivity index (χ2n) is 7.47. The number of primary amides is 1. The summed E-state index contributed by atoms with van der Waals surface area (Å²) in [7, 11) is 0. The number of carbonyl (C=O) groups is 5. The van der Waals surface area contributed by atoms with Crippen LogP contribution in [0.5, 0.6) is 0 Å². The molecule has 1 aliphatic rings. The van der Waals surface area contributed by atoms with Crippen molar-refractivity contribution in [3.63, 3.8) is 0 Å². The molecule has 12 N–H and O–H groups in total. The van der Waals surface area contributed by atoms with Crippen LogP contribution in [0.25, 0.3) is 0 Å². The molecule has 1 rings (SSSR count). The summed E-state index contributed by atoms with van der Waals surface area (Å²) in [4.78, 5) is 63.7. The molecule has 0 aromatic rings. The first kappa shape index (κ1) is 27.6. The van der Waals surface area contributed by atoms with Crippen LogP contribution >= 0.6 is 0 Å². The number of guanidine groups is 1. The van der Waals surface area contributed by atoms with E-state index in [1.54, 1.807) is 0 Å². The molecular weight excluding hydrogens is 440 g/mol. The lowest BCUT2D eigenvalue weighted by Crippen LogP contribution is -2.58. The van der Waals surface area contributed by atoms with Crippen molar-refractivity contribution >= 4 is 35.6 Å². The van der Waals surface area contributed by atoms with Crippen LogP contribution < -0.4 is 38.5 Å². The quantitative estimate of drug-likeness (QED) is 0.0661. The van der Waals surface area contributed by atoms with Crippen LogP contribution in [-0.2, 0) is 24.0 Å². The van der Waals surface area contributed by atoms with E-state index >= 15 is 0 Å². The number of nitrogens with zero attached hydrogens (tertiary/aromatic N) is 1. The SMILES string of the molecule is NC(=O)CC(NC(=O)C(CCCN=C(N)N)NC(=O)C(CO)NC(=O)C1CCCN1)C(=O)O. The topological polar surface area (TPSA) is 264 Å². The van der Waals surface area contributed by atoms with Gasteiger partial charge in [0.1, 0.15) is 18.1 Å². The molecule has 15 nitrogen and oxygen atoms in total. The van der Waals surface area contributed by atoms with Gasteiger partial charge in [0.05, 0.1) is 19.1 Å². The minimum absolute atomic E-state index is 0.00641. The van der Waals surface area contributed by atoms with E-state index in [0.717, 1.165) is 6.42 Å². The summed E-state index contributed by atoms with van der Waals surface area (Å²) in [5.41, 5.74) is 15.5. The van der Waals surface area contributed by atoms with Crippen LogP contribution in [-0.4, -0.2) is 89.6 Å². The van der Waals surface area contributed by atoms with Crippen molar-refractivity contribution in [1.29, 1.82) is 0 Å². The molecular formula is C18H32N8O7. The summed E-state index contributed by atoms with van der Waals surface area (Å²) < 4.78 is 0. The fourth-order valence-corrected chi connectivity index (χ4v) is 3.09. The maximum Gasteiger partial charge on any atom is 0.326 e. The molecule has 33 heavy (non-hydrogen) atoms. The number of aliphatic imine (C=N–C) groups is 1. The van der Waals surface area contributed by atoms with E-state index in [1.807, 2.05) is 0 Å². The zero-order chi connectivity index (χ0) is 25.0. The molecule has 0 aromatic carbocycles. The van der Waals surface area contributed by atoms with Crippen molar-refractivity contribution in [3.8, 4) is 0 Å². The molecule has 4 amide bonds. The fraction of sp³-hybridized carbons (Fsp3) is 0.667. The molecule has 0 radical (unpaired) electrons. The Morgan fingerprint density at radius 3 is 2.15 bits per heavy atom. The van der Waals surface area contributed by atoms with E-state index in [1.165, 1.54) is 0 Å². The number of nitrogens with two attached hydrogens (primary N) is 3. The van der Waals surface area contributed by atoms with Gasteiger partial charge in [-0.15, -0.1) is 0 Å². The summed E-state index contributed by atoms with van der Waals surface area (Å²) in [6, 6.07) is -4.70. The van der Waals surface area contributed by atoms with Crippen LogP contribution in [0.1, 0.15) is 32.1 Å². The summed E-state index contributed by atoms with van der Waals surface area (Å²) in [5.74, 6) is -4.83. The summed E-state index contributed by atoms with van der Waals surface area (Å²) in [5, 5.41) is 28.7. The molecule has 0 bridgehead atoms. The van der Waals surface area contributed by atoms with E-state index < -0.39 is 66.8 Å². The number of aliphatic hydroxyl groups is 1. The average molecular weight is 473 g/mol. The van der Waals surface area contributed by atoms with Crippen LogP contribution in [0.3, 0.4) is 0 Å². The van der Waals surface area contributed by atoms with E-state index in [0.29, 0.717) is 13.0 Å². The molecule has 15 heteroatoms. The van der Waals surface area contributed by atoms with Crippen molar-refractivity contribution in [2.24, 2.45) is 22.2 Å². The third-order valence-corrected chi connectivity index (χ3v) is 4.79. The predicted octanol–water partition coefficient (Wildman–Crippen LogP) is -4.80. The Morgan fingerprint density at radius 1 is 1.00 bits per heavy atom. The Labute approximate surface area is 189 Å². The van der Waals surface area contributed by atoms with Gasteiger partial charge in [-0.3, -0.25) is 24.2 Å². The van der Waals surface area contributed by atoms with Crippen LogP contribution in [0.2, 0.25) is 0 Å². The molecule has 0 saturated carbocycles. The largest absolute Gasteiger partial charge is 0.480 e. The monoisotopic (exact) mass is 472 g/mol. The van der Waals surface area contributed by atoms with Crippen molar-refractivity contribution in [2.45, 2.75) is 56.3 Å². The van der Waals surface area contributed by atoms with Gasteiger partial charge in [-0.2, -0.15) is 0 Å². The smallest absolute Gasteiger partial charge is 0.326 e. The zero-order valence-electron chi connectivity index (χ0n) is 18.1. The minimum Gasteiger partial charge on any atom is -0.480 e. The van der Waals surface area contributed by atoms with Crippen molar-refractivity contribution < 1.29 is 34.2 Å². The Kier molecular flexibility index (Phi) is 11.6. The first-order valence-electron chi connectivity index (χ1n) is 10.4. The van der Waals surface area contributed by atoms with Crippen molar-refractivity contribution in [1.82, 2.24) is 21.3 Å². The zero-order valence-corrected chi connectivity index (χ0v) is 18.1. The molecule has 1 heterocycles. The molecule has 0 aromatic heterocycles. The molecule has 1 aliphatic heterocycles. The third kappa shape index (κ3) is 10.1. The van der Waals surface area contributed by atoms with Gasteiger partial charge in [0.25, 0.3) is 0 Å². The standard InChI is InChI=1S/C18H32N8O7/c19-13(28)7-11(17(32)33)25-15(30)10(4-2-6-23-18(20)21)24-16(31)12(8-27)26-14(29)9-3-1-5-22-9/h9-12,22,27H,1-8H2,(H2,19,28)(H,24,31)(H,25,30)(H,26,29)(H,32,33)(H4,20,21,23). The van der Waals surface area contributed by atoms with Crippen LogP contribution in [0, 0.1) is 0 Å².